The van der Waals surface area contributed by atoms with E-state index in [0.717, 1.165) is 12.8 Å². The monoisotopic (exact) mass is 254 g/mol. The van der Waals surface area contributed by atoms with Crippen molar-refractivity contribution in [2.45, 2.75) is 51.7 Å². The fourth-order valence-corrected chi connectivity index (χ4v) is 1.89. The van der Waals surface area contributed by atoms with E-state index in [9.17, 15) is 9.90 Å². The number of methoxy groups -OCH3 is 1. The van der Waals surface area contributed by atoms with Crippen LogP contribution >= 0.6 is 0 Å². The van der Waals surface area contributed by atoms with Gasteiger partial charge in [0.2, 0.25) is 0 Å². The first-order valence-corrected chi connectivity index (χ1v) is 6.48. The van der Waals surface area contributed by atoms with E-state index in [1.54, 1.807) is 26.2 Å². The topological polar surface area (TPSA) is 46.5 Å². The van der Waals surface area contributed by atoms with Crippen LogP contribution in [0.2, 0.25) is 0 Å². The minimum Gasteiger partial charge on any atom is -0.393 e. The molecule has 0 aromatic rings. The molecule has 0 aromatic carbocycles. The zero-order valence-electron chi connectivity index (χ0n) is 11.8. The predicted molar refractivity (Wildman–Crippen MR) is 74.5 cm³/mol. The first-order valence-electron chi connectivity index (χ1n) is 6.48. The van der Waals surface area contributed by atoms with Crippen LogP contribution in [-0.2, 0) is 9.53 Å². The third kappa shape index (κ3) is 9.14. The van der Waals surface area contributed by atoms with Crippen molar-refractivity contribution in [3.8, 4) is 0 Å². The summed E-state index contributed by atoms with van der Waals surface area (Å²) >= 11 is 0. The lowest BCUT2D eigenvalue weighted by atomic mass is 9.96. The number of hydrogen-bond donors (Lipinski definition) is 1. The molecule has 0 aliphatic heterocycles. The van der Waals surface area contributed by atoms with E-state index >= 15 is 0 Å². The molecule has 0 fully saturated rings. The molecule has 0 radical (unpaired) electrons. The molecule has 1 N–H and O–H groups in total. The van der Waals surface area contributed by atoms with E-state index in [4.69, 9.17) is 4.74 Å². The predicted octanol–water partition coefficient (Wildman–Crippen LogP) is 2.89. The Balaban J connectivity index is 4.03. The van der Waals surface area contributed by atoms with E-state index in [1.165, 1.54) is 0 Å². The van der Waals surface area contributed by atoms with Crippen LogP contribution in [0.5, 0.6) is 0 Å². The number of carbonyl (C=O) groups excluding carboxylic acids is 1. The SMILES string of the molecule is C=CC[C@H](O)C[C@H](C[C@H](C)C/C=C/C(C)=O)OC. The molecule has 0 spiro atoms. The average Bonchev–Trinajstić information content (AvgIpc) is 2.27. The molecule has 0 aliphatic carbocycles. The zero-order chi connectivity index (χ0) is 14.0. The molecule has 0 aliphatic rings. The first-order chi connectivity index (χ1) is 8.49. The normalized spacial score (nSPS) is 16.4. The van der Waals surface area contributed by atoms with Gasteiger partial charge < -0.3 is 9.84 Å². The smallest absolute Gasteiger partial charge is 0.152 e. The Morgan fingerprint density at radius 1 is 1.39 bits per heavy atom. The largest absolute Gasteiger partial charge is 0.393 e. The van der Waals surface area contributed by atoms with Crippen LogP contribution in [0.15, 0.2) is 24.8 Å². The Morgan fingerprint density at radius 2 is 2.06 bits per heavy atom. The maximum absolute atomic E-state index is 10.8. The number of hydrogen-bond acceptors (Lipinski definition) is 3. The van der Waals surface area contributed by atoms with Crippen molar-refractivity contribution >= 4 is 5.78 Å². The van der Waals surface area contributed by atoms with Crippen molar-refractivity contribution in [1.82, 2.24) is 0 Å². The highest BCUT2D eigenvalue weighted by Gasteiger charge is 2.15. The van der Waals surface area contributed by atoms with Gasteiger partial charge in [0, 0.05) is 7.11 Å². The molecule has 3 nitrogen and oxygen atoms in total. The molecular formula is C15H26O3. The number of aliphatic hydroxyl groups is 1. The summed E-state index contributed by atoms with van der Waals surface area (Å²) in [5.74, 6) is 0.508. The van der Waals surface area contributed by atoms with E-state index in [2.05, 4.69) is 13.5 Å². The lowest BCUT2D eigenvalue weighted by Gasteiger charge is -2.21. The average molecular weight is 254 g/mol. The summed E-state index contributed by atoms with van der Waals surface area (Å²) < 4.78 is 5.38. The summed E-state index contributed by atoms with van der Waals surface area (Å²) in [7, 11) is 1.67. The third-order valence-electron chi connectivity index (χ3n) is 2.86. The number of aliphatic hydroxyl groups excluding tert-OH is 1. The number of ketones is 1. The first kappa shape index (κ1) is 17.1. The standard InChI is InChI=1S/C15H26O3/c1-5-7-14(17)11-15(18-4)10-12(2)8-6-9-13(3)16/h5-6,9,12,14-15,17H,1,7-8,10-11H2,2-4H3/b9-6+/t12-,14+,15+/m1/s1. The molecule has 0 aromatic heterocycles. The number of allylic oxidation sites excluding steroid dienone is 2. The molecule has 3 atom stereocenters. The summed E-state index contributed by atoms with van der Waals surface area (Å²) in [4.78, 5) is 10.8. The lowest BCUT2D eigenvalue weighted by molar-refractivity contribution is -0.112. The second-order valence-electron chi connectivity index (χ2n) is 4.86. The lowest BCUT2D eigenvalue weighted by Crippen LogP contribution is -2.21. The summed E-state index contributed by atoms with van der Waals surface area (Å²) in [5.41, 5.74) is 0. The van der Waals surface area contributed by atoms with E-state index in [1.807, 2.05) is 6.08 Å². The molecule has 0 amide bonds. The molecular weight excluding hydrogens is 228 g/mol. The Kier molecular flexibility index (Phi) is 9.52. The zero-order valence-corrected chi connectivity index (χ0v) is 11.8. The molecule has 0 bridgehead atoms. The molecule has 0 unspecified atom stereocenters. The van der Waals surface area contributed by atoms with Gasteiger partial charge in [-0.3, -0.25) is 4.79 Å². The Labute approximate surface area is 111 Å². The van der Waals surface area contributed by atoms with Gasteiger partial charge >= 0.3 is 0 Å². The van der Waals surface area contributed by atoms with Gasteiger partial charge in [-0.05, 0) is 44.6 Å². The Hall–Kier alpha value is -0.930. The van der Waals surface area contributed by atoms with E-state index < -0.39 is 0 Å². The van der Waals surface area contributed by atoms with Gasteiger partial charge in [0.25, 0.3) is 0 Å². The van der Waals surface area contributed by atoms with Crippen molar-refractivity contribution in [3.05, 3.63) is 24.8 Å². The van der Waals surface area contributed by atoms with Crippen LogP contribution in [0.3, 0.4) is 0 Å². The minimum absolute atomic E-state index is 0.0562. The highest BCUT2D eigenvalue weighted by atomic mass is 16.5. The molecule has 18 heavy (non-hydrogen) atoms. The molecule has 104 valence electrons. The van der Waals surface area contributed by atoms with Crippen LogP contribution in [-0.4, -0.2) is 30.2 Å². The molecule has 0 saturated heterocycles. The molecule has 0 heterocycles. The van der Waals surface area contributed by atoms with Gasteiger partial charge in [-0.1, -0.05) is 19.1 Å². The van der Waals surface area contributed by atoms with Crippen LogP contribution < -0.4 is 0 Å². The Morgan fingerprint density at radius 3 is 2.56 bits per heavy atom. The minimum atomic E-state index is -0.382. The van der Waals surface area contributed by atoms with Gasteiger partial charge in [-0.2, -0.15) is 0 Å². The number of rotatable bonds is 10. The maximum atomic E-state index is 10.8. The van der Waals surface area contributed by atoms with Crippen molar-refractivity contribution in [2.75, 3.05) is 7.11 Å². The van der Waals surface area contributed by atoms with Crippen molar-refractivity contribution in [2.24, 2.45) is 5.92 Å². The second kappa shape index (κ2) is 10.0. The fourth-order valence-electron chi connectivity index (χ4n) is 1.89. The maximum Gasteiger partial charge on any atom is 0.152 e. The van der Waals surface area contributed by atoms with Gasteiger partial charge in [0.15, 0.2) is 5.78 Å². The van der Waals surface area contributed by atoms with Crippen LogP contribution in [0.4, 0.5) is 0 Å². The van der Waals surface area contributed by atoms with Crippen molar-refractivity contribution in [3.63, 3.8) is 0 Å². The van der Waals surface area contributed by atoms with Gasteiger partial charge in [0.05, 0.1) is 12.2 Å². The highest BCUT2D eigenvalue weighted by molar-refractivity contribution is 5.87. The van der Waals surface area contributed by atoms with Crippen LogP contribution in [0.1, 0.15) is 39.5 Å². The van der Waals surface area contributed by atoms with Crippen molar-refractivity contribution < 1.29 is 14.6 Å². The van der Waals surface area contributed by atoms with Crippen molar-refractivity contribution in [1.29, 1.82) is 0 Å². The number of carbonyl (C=O) groups is 1. The summed E-state index contributed by atoms with van der Waals surface area (Å²) in [6, 6.07) is 0. The number of ether oxygens (including phenoxy) is 1. The van der Waals surface area contributed by atoms with Gasteiger partial charge in [0.1, 0.15) is 0 Å². The Bertz CT molecular complexity index is 271. The fraction of sp³-hybridized carbons (Fsp3) is 0.667. The summed E-state index contributed by atoms with van der Waals surface area (Å²) in [5, 5.41) is 9.70. The third-order valence-corrected chi connectivity index (χ3v) is 2.86. The molecule has 3 heteroatoms. The van der Waals surface area contributed by atoms with Gasteiger partial charge in [-0.15, -0.1) is 6.58 Å². The summed E-state index contributed by atoms with van der Waals surface area (Å²) in [6.45, 7) is 7.28. The molecule has 0 rings (SSSR count). The van der Waals surface area contributed by atoms with E-state index in [-0.39, 0.29) is 18.0 Å². The van der Waals surface area contributed by atoms with Crippen LogP contribution in [0.25, 0.3) is 0 Å². The summed E-state index contributed by atoms with van der Waals surface area (Å²) in [6.07, 6.45) is 7.86. The van der Waals surface area contributed by atoms with Crippen LogP contribution in [0, 0.1) is 5.92 Å². The van der Waals surface area contributed by atoms with E-state index in [0.29, 0.717) is 18.8 Å². The quantitative estimate of drug-likeness (QED) is 0.481. The highest BCUT2D eigenvalue weighted by Crippen LogP contribution is 2.18. The molecule has 0 saturated carbocycles. The van der Waals surface area contributed by atoms with Gasteiger partial charge in [-0.25, -0.2) is 0 Å². The second-order valence-corrected chi connectivity index (χ2v) is 4.86.